The van der Waals surface area contributed by atoms with E-state index in [2.05, 4.69) is 28.1 Å². The summed E-state index contributed by atoms with van der Waals surface area (Å²) in [5, 5.41) is 17.6. The zero-order valence-corrected chi connectivity index (χ0v) is 22.9. The monoisotopic (exact) mass is 563 g/mol. The molecular weight excluding hydrogens is 527 g/mol. The average Bonchev–Trinajstić information content (AvgIpc) is 3.14. The number of nitriles is 1. The summed E-state index contributed by atoms with van der Waals surface area (Å²) >= 11 is 0. The van der Waals surface area contributed by atoms with Crippen LogP contribution in [0.25, 0.3) is 0 Å². The number of halogens is 3. The first-order chi connectivity index (χ1) is 18.7. The van der Waals surface area contributed by atoms with Crippen LogP contribution in [0.1, 0.15) is 52.9 Å². The normalized spacial score (nSPS) is 33.1. The van der Waals surface area contributed by atoms with E-state index in [4.69, 9.17) is 0 Å². The second kappa shape index (κ2) is 9.77. The van der Waals surface area contributed by atoms with E-state index < -0.39 is 58.8 Å². The van der Waals surface area contributed by atoms with Crippen molar-refractivity contribution in [3.8, 4) is 6.07 Å². The van der Waals surface area contributed by atoms with Gasteiger partial charge in [-0.15, -0.1) is 0 Å². The van der Waals surface area contributed by atoms with Crippen LogP contribution in [0.15, 0.2) is 12.2 Å². The number of alkyl halides is 3. The van der Waals surface area contributed by atoms with Crippen LogP contribution in [-0.2, 0) is 19.2 Å². The fraction of sp³-hybridized carbons (Fsp3) is 0.750. The molecular formula is C28H36F3N5O4. The number of hydrogen-bond acceptors (Lipinski definition) is 5. The molecule has 2 saturated carbocycles. The number of carbonyl (C=O) groups is 4. The summed E-state index contributed by atoms with van der Waals surface area (Å²) in [7, 11) is 0. The highest BCUT2D eigenvalue weighted by Gasteiger charge is 2.69. The zero-order chi connectivity index (χ0) is 29.2. The predicted octanol–water partition coefficient (Wildman–Crippen LogP) is 2.04. The van der Waals surface area contributed by atoms with Crippen molar-refractivity contribution in [1.82, 2.24) is 20.9 Å². The lowest BCUT2D eigenvalue weighted by Gasteiger charge is -2.37. The number of rotatable bonds is 7. The number of carbonyl (C=O) groups excluding carboxylic acids is 4. The minimum atomic E-state index is -4.72. The van der Waals surface area contributed by atoms with E-state index in [0.717, 1.165) is 6.42 Å². The van der Waals surface area contributed by atoms with Gasteiger partial charge in [-0.05, 0) is 61.2 Å². The lowest BCUT2D eigenvalue weighted by molar-refractivity contribution is -0.193. The lowest BCUT2D eigenvalue weighted by Crippen LogP contribution is -2.60. The number of hydrogen-bond donors (Lipinski definition) is 3. The van der Waals surface area contributed by atoms with Crippen LogP contribution >= 0.6 is 0 Å². The highest BCUT2D eigenvalue weighted by atomic mass is 19.4. The van der Waals surface area contributed by atoms with E-state index in [1.54, 1.807) is 20.8 Å². The van der Waals surface area contributed by atoms with Crippen molar-refractivity contribution in [3.05, 3.63) is 12.2 Å². The van der Waals surface area contributed by atoms with Gasteiger partial charge in [0.15, 0.2) is 0 Å². The molecule has 8 atom stereocenters. The lowest BCUT2D eigenvalue weighted by atomic mass is 9.81. The van der Waals surface area contributed by atoms with Gasteiger partial charge < -0.3 is 20.9 Å². The molecule has 0 aromatic carbocycles. The van der Waals surface area contributed by atoms with Crippen LogP contribution < -0.4 is 16.0 Å². The van der Waals surface area contributed by atoms with Gasteiger partial charge in [-0.25, -0.2) is 0 Å². The van der Waals surface area contributed by atoms with E-state index >= 15 is 0 Å². The standard InChI is InChI=1S/C28H36F3N5O4/c1-26(2,3)21(35-25(40)27(7-8-27)28(29,30)31)24(39)36-13-18-14-4-5-15(10-14)19(18)20(36)23(38)34-17(12-32)11-16-6-9-33-22(16)37/h4-5,14-21H,6-11,13H2,1-3H3,(H,33,37)(H,34,38)(H,35,40)/t14-,15+,16+,17+,18-,19+,20+,21-/m1/s1. The molecule has 0 aromatic rings. The Morgan fingerprint density at radius 2 is 1.85 bits per heavy atom. The minimum absolute atomic E-state index is 0.00267. The van der Waals surface area contributed by atoms with Gasteiger partial charge in [-0.3, -0.25) is 19.2 Å². The first-order valence-corrected chi connectivity index (χ1v) is 14.0. The van der Waals surface area contributed by atoms with Crippen LogP contribution in [0.5, 0.6) is 0 Å². The second-order valence-corrected chi connectivity index (χ2v) is 13.2. The SMILES string of the molecule is CC(C)(C)[C@H](NC(=O)C1(C(F)(F)F)CC1)C(=O)N1C[C@H]2[C@@H]([C@H]1C(=O)N[C@H](C#N)C[C@@H]1CCNC1=O)[C@H]1C=C[C@@H]2C1. The van der Waals surface area contributed by atoms with Crippen LogP contribution in [0.4, 0.5) is 13.2 Å². The van der Waals surface area contributed by atoms with Crippen molar-refractivity contribution in [2.24, 2.45) is 40.4 Å². The molecule has 2 aliphatic heterocycles. The van der Waals surface area contributed by atoms with E-state index in [1.807, 2.05) is 6.08 Å². The molecule has 218 valence electrons. The smallest absolute Gasteiger partial charge is 0.356 e. The van der Waals surface area contributed by atoms with Crippen molar-refractivity contribution in [2.45, 2.75) is 77.2 Å². The highest BCUT2D eigenvalue weighted by Crippen LogP contribution is 2.58. The van der Waals surface area contributed by atoms with Gasteiger partial charge in [-0.1, -0.05) is 32.9 Å². The van der Waals surface area contributed by atoms with Gasteiger partial charge >= 0.3 is 6.18 Å². The van der Waals surface area contributed by atoms with E-state index in [0.29, 0.717) is 13.0 Å². The van der Waals surface area contributed by atoms with Crippen LogP contribution in [0, 0.1) is 51.8 Å². The molecule has 5 rings (SSSR count). The summed E-state index contributed by atoms with van der Waals surface area (Å²) < 4.78 is 41.0. The van der Waals surface area contributed by atoms with E-state index in [1.165, 1.54) is 4.90 Å². The molecule has 4 amide bonds. The summed E-state index contributed by atoms with van der Waals surface area (Å²) in [5.74, 6) is -2.85. The van der Waals surface area contributed by atoms with Crippen molar-refractivity contribution >= 4 is 23.6 Å². The predicted molar refractivity (Wildman–Crippen MR) is 136 cm³/mol. The van der Waals surface area contributed by atoms with Crippen molar-refractivity contribution in [1.29, 1.82) is 5.26 Å². The maximum atomic E-state index is 14.1. The maximum absolute atomic E-state index is 14.1. The summed E-state index contributed by atoms with van der Waals surface area (Å²) in [6.07, 6.45) is 0.345. The van der Waals surface area contributed by atoms with Gasteiger partial charge in [0.2, 0.25) is 23.6 Å². The Morgan fingerprint density at radius 1 is 1.18 bits per heavy atom. The van der Waals surface area contributed by atoms with Crippen molar-refractivity contribution in [2.75, 3.05) is 13.1 Å². The molecule has 40 heavy (non-hydrogen) atoms. The average molecular weight is 564 g/mol. The summed E-state index contributed by atoms with van der Waals surface area (Å²) in [6.45, 7) is 5.74. The van der Waals surface area contributed by atoms with Crippen molar-refractivity contribution < 1.29 is 32.3 Å². The molecule has 5 aliphatic rings. The number of amides is 4. The zero-order valence-electron chi connectivity index (χ0n) is 22.9. The van der Waals surface area contributed by atoms with Gasteiger partial charge in [0.25, 0.3) is 0 Å². The number of nitrogens with zero attached hydrogens (tertiary/aromatic N) is 2. The molecule has 0 unspecified atom stereocenters. The first kappa shape index (κ1) is 28.4. The Kier molecular flexibility index (Phi) is 6.94. The minimum Gasteiger partial charge on any atom is -0.356 e. The van der Waals surface area contributed by atoms with Gasteiger partial charge in [-0.2, -0.15) is 18.4 Å². The molecule has 2 bridgehead atoms. The van der Waals surface area contributed by atoms with Gasteiger partial charge in [0.05, 0.1) is 6.07 Å². The largest absolute Gasteiger partial charge is 0.403 e. The molecule has 4 fully saturated rings. The molecule has 0 aromatic heterocycles. The van der Waals surface area contributed by atoms with E-state index in [-0.39, 0.29) is 55.4 Å². The Hall–Kier alpha value is -3.10. The Morgan fingerprint density at radius 3 is 2.40 bits per heavy atom. The van der Waals surface area contributed by atoms with Crippen LogP contribution in [-0.4, -0.2) is 65.9 Å². The fourth-order valence-corrected chi connectivity index (χ4v) is 7.18. The Balaban J connectivity index is 1.39. The Bertz CT molecular complexity index is 1170. The third kappa shape index (κ3) is 4.75. The maximum Gasteiger partial charge on any atom is 0.403 e. The fourth-order valence-electron chi connectivity index (χ4n) is 7.18. The van der Waals surface area contributed by atoms with Gasteiger partial charge in [0, 0.05) is 19.0 Å². The number of likely N-dealkylation sites (tertiary alicyclic amines) is 1. The second-order valence-electron chi connectivity index (χ2n) is 13.2. The Labute approximate surface area is 231 Å². The topological polar surface area (TPSA) is 131 Å². The van der Waals surface area contributed by atoms with Gasteiger partial charge in [0.1, 0.15) is 23.5 Å². The molecule has 2 saturated heterocycles. The quantitative estimate of drug-likeness (QED) is 0.408. The molecule has 0 spiro atoms. The third-order valence-electron chi connectivity index (χ3n) is 9.62. The number of nitrogens with one attached hydrogen (secondary N) is 3. The molecule has 3 aliphatic carbocycles. The summed E-state index contributed by atoms with van der Waals surface area (Å²) in [6, 6.07) is -1.10. The summed E-state index contributed by atoms with van der Waals surface area (Å²) in [4.78, 5) is 54.2. The first-order valence-electron chi connectivity index (χ1n) is 14.0. The van der Waals surface area contributed by atoms with E-state index in [9.17, 15) is 37.6 Å². The molecule has 9 nitrogen and oxygen atoms in total. The summed E-state index contributed by atoms with van der Waals surface area (Å²) in [5.41, 5.74) is -3.42. The molecule has 12 heteroatoms. The number of fused-ring (bicyclic) bond motifs is 5. The molecule has 0 radical (unpaired) electrons. The third-order valence-corrected chi connectivity index (χ3v) is 9.62. The van der Waals surface area contributed by atoms with Crippen molar-refractivity contribution in [3.63, 3.8) is 0 Å². The molecule has 2 heterocycles. The number of allylic oxidation sites excluding steroid dienone is 2. The highest BCUT2D eigenvalue weighted by molar-refractivity contribution is 5.95. The molecule has 3 N–H and O–H groups in total. The van der Waals surface area contributed by atoms with Crippen LogP contribution in [0.2, 0.25) is 0 Å². The van der Waals surface area contributed by atoms with Crippen LogP contribution in [0.3, 0.4) is 0 Å².